The molecular weight excluding hydrogens is 224 g/mol. The molecule has 0 saturated carbocycles. The van der Waals surface area contributed by atoms with Crippen LogP contribution in [0.15, 0.2) is 28.7 Å². The molecule has 3 nitrogen and oxygen atoms in total. The molecule has 18 heavy (non-hydrogen) atoms. The Morgan fingerprint density at radius 1 is 1.39 bits per heavy atom. The van der Waals surface area contributed by atoms with Gasteiger partial charge in [0.1, 0.15) is 11.3 Å². The quantitative estimate of drug-likeness (QED) is 0.902. The van der Waals surface area contributed by atoms with Gasteiger partial charge in [0.25, 0.3) is 0 Å². The summed E-state index contributed by atoms with van der Waals surface area (Å²) < 4.78 is 5.81. The summed E-state index contributed by atoms with van der Waals surface area (Å²) in [6.45, 7) is 6.13. The lowest BCUT2D eigenvalue weighted by atomic mass is 10.1. The smallest absolute Gasteiger partial charge is 0.134 e. The Kier molecular flexibility index (Phi) is 3.10. The number of nitrogens with zero attached hydrogens (tertiary/aromatic N) is 1. The number of furan rings is 1. The molecule has 0 amide bonds. The van der Waals surface area contributed by atoms with Crippen molar-refractivity contribution >= 4 is 11.0 Å². The highest BCUT2D eigenvalue weighted by Crippen LogP contribution is 2.28. The van der Waals surface area contributed by atoms with Crippen molar-refractivity contribution in [1.29, 1.82) is 0 Å². The van der Waals surface area contributed by atoms with E-state index in [1.54, 1.807) is 0 Å². The molecule has 2 N–H and O–H groups in total. The zero-order valence-corrected chi connectivity index (χ0v) is 10.9. The van der Waals surface area contributed by atoms with Crippen LogP contribution in [0.25, 0.3) is 11.0 Å². The van der Waals surface area contributed by atoms with E-state index in [2.05, 4.69) is 24.0 Å². The van der Waals surface area contributed by atoms with Gasteiger partial charge in [0, 0.05) is 24.0 Å². The summed E-state index contributed by atoms with van der Waals surface area (Å²) in [7, 11) is 0. The number of rotatable bonds is 3. The van der Waals surface area contributed by atoms with E-state index in [0.717, 1.165) is 37.5 Å². The molecule has 2 aromatic rings. The van der Waals surface area contributed by atoms with Crippen LogP contribution < -0.4 is 5.73 Å². The van der Waals surface area contributed by atoms with E-state index in [4.69, 9.17) is 10.2 Å². The lowest BCUT2D eigenvalue weighted by Crippen LogP contribution is -2.22. The zero-order valence-electron chi connectivity index (χ0n) is 10.9. The average molecular weight is 244 g/mol. The first-order valence-corrected chi connectivity index (χ1v) is 6.67. The van der Waals surface area contributed by atoms with Crippen LogP contribution in [-0.4, -0.2) is 24.5 Å². The Labute approximate surface area is 108 Å². The maximum Gasteiger partial charge on any atom is 0.134 e. The molecule has 3 rings (SSSR count). The predicted molar refractivity (Wildman–Crippen MR) is 73.4 cm³/mol. The van der Waals surface area contributed by atoms with Crippen molar-refractivity contribution in [3.05, 3.63) is 35.6 Å². The van der Waals surface area contributed by atoms with Crippen LogP contribution in [0.3, 0.4) is 0 Å². The molecule has 1 aromatic carbocycles. The first-order valence-electron chi connectivity index (χ1n) is 6.67. The first kappa shape index (κ1) is 11.8. The molecule has 1 atom stereocenters. The number of hydrogen-bond donors (Lipinski definition) is 1. The second kappa shape index (κ2) is 4.75. The van der Waals surface area contributed by atoms with Crippen molar-refractivity contribution in [2.24, 2.45) is 11.7 Å². The fourth-order valence-electron chi connectivity index (χ4n) is 2.89. The van der Waals surface area contributed by atoms with Crippen LogP contribution in [-0.2, 0) is 6.54 Å². The van der Waals surface area contributed by atoms with E-state index in [0.29, 0.717) is 5.92 Å². The Bertz CT molecular complexity index is 546. The number of aryl methyl sites for hydroxylation is 1. The minimum atomic E-state index is 0.670. The molecule has 0 radical (unpaired) electrons. The highest BCUT2D eigenvalue weighted by molar-refractivity contribution is 5.82. The van der Waals surface area contributed by atoms with Crippen LogP contribution in [0.4, 0.5) is 0 Å². The molecule has 1 unspecified atom stereocenters. The summed E-state index contributed by atoms with van der Waals surface area (Å²) in [5.41, 5.74) is 8.08. The van der Waals surface area contributed by atoms with Crippen LogP contribution >= 0.6 is 0 Å². The van der Waals surface area contributed by atoms with Crippen molar-refractivity contribution in [2.75, 3.05) is 19.6 Å². The third-order valence-electron chi connectivity index (χ3n) is 3.99. The Morgan fingerprint density at radius 3 is 3.00 bits per heavy atom. The molecule has 3 heteroatoms. The molecule has 2 heterocycles. The summed E-state index contributed by atoms with van der Waals surface area (Å²) in [5, 5.41) is 1.26. The SMILES string of the molecule is Cc1oc2ccccc2c1CN1CCC(CN)C1. The number of nitrogens with two attached hydrogens (primary N) is 1. The summed E-state index contributed by atoms with van der Waals surface area (Å²) in [6, 6.07) is 8.29. The number of fused-ring (bicyclic) bond motifs is 1. The van der Waals surface area contributed by atoms with Crippen LogP contribution in [0, 0.1) is 12.8 Å². The summed E-state index contributed by atoms with van der Waals surface area (Å²) in [5.74, 6) is 1.72. The van der Waals surface area contributed by atoms with Crippen molar-refractivity contribution < 1.29 is 4.42 Å². The normalized spacial score (nSPS) is 20.9. The van der Waals surface area contributed by atoms with Gasteiger partial charge in [0.05, 0.1) is 0 Å². The number of benzene rings is 1. The number of hydrogen-bond acceptors (Lipinski definition) is 3. The fourth-order valence-corrected chi connectivity index (χ4v) is 2.89. The van der Waals surface area contributed by atoms with Crippen molar-refractivity contribution in [3.8, 4) is 0 Å². The molecule has 0 aliphatic carbocycles. The van der Waals surface area contributed by atoms with E-state index < -0.39 is 0 Å². The predicted octanol–water partition coefficient (Wildman–Crippen LogP) is 2.52. The van der Waals surface area contributed by atoms with Gasteiger partial charge < -0.3 is 10.2 Å². The second-order valence-electron chi connectivity index (χ2n) is 5.26. The monoisotopic (exact) mass is 244 g/mol. The summed E-state index contributed by atoms with van der Waals surface area (Å²) in [6.07, 6.45) is 1.23. The molecular formula is C15H20N2O. The van der Waals surface area contributed by atoms with Gasteiger partial charge in [-0.3, -0.25) is 4.90 Å². The van der Waals surface area contributed by atoms with Gasteiger partial charge in [0.2, 0.25) is 0 Å². The van der Waals surface area contributed by atoms with Crippen LogP contribution in [0.1, 0.15) is 17.7 Å². The number of para-hydroxylation sites is 1. The second-order valence-corrected chi connectivity index (χ2v) is 5.26. The van der Waals surface area contributed by atoms with E-state index >= 15 is 0 Å². The highest BCUT2D eigenvalue weighted by atomic mass is 16.3. The lowest BCUT2D eigenvalue weighted by Gasteiger charge is -2.15. The Morgan fingerprint density at radius 2 is 2.22 bits per heavy atom. The van der Waals surface area contributed by atoms with Crippen LogP contribution in [0.2, 0.25) is 0 Å². The van der Waals surface area contributed by atoms with Gasteiger partial charge in [-0.05, 0) is 38.4 Å². The molecule has 1 fully saturated rings. The Hall–Kier alpha value is -1.32. The number of likely N-dealkylation sites (tertiary alicyclic amines) is 1. The first-order chi connectivity index (χ1) is 8.78. The van der Waals surface area contributed by atoms with Gasteiger partial charge in [-0.15, -0.1) is 0 Å². The molecule has 96 valence electrons. The van der Waals surface area contributed by atoms with E-state index in [-0.39, 0.29) is 0 Å². The molecule has 1 aliphatic heterocycles. The molecule has 0 spiro atoms. The van der Waals surface area contributed by atoms with Gasteiger partial charge in [-0.2, -0.15) is 0 Å². The van der Waals surface area contributed by atoms with Crippen molar-refractivity contribution in [1.82, 2.24) is 4.90 Å². The van der Waals surface area contributed by atoms with Gasteiger partial charge in [-0.1, -0.05) is 18.2 Å². The third kappa shape index (κ3) is 2.04. The summed E-state index contributed by atoms with van der Waals surface area (Å²) >= 11 is 0. The lowest BCUT2D eigenvalue weighted by molar-refractivity contribution is 0.316. The minimum Gasteiger partial charge on any atom is -0.461 e. The summed E-state index contributed by atoms with van der Waals surface area (Å²) in [4.78, 5) is 2.49. The maximum atomic E-state index is 5.81. The largest absolute Gasteiger partial charge is 0.461 e. The van der Waals surface area contributed by atoms with E-state index in [1.807, 2.05) is 12.1 Å². The average Bonchev–Trinajstić information content (AvgIpc) is 2.96. The zero-order chi connectivity index (χ0) is 12.5. The highest BCUT2D eigenvalue weighted by Gasteiger charge is 2.23. The van der Waals surface area contributed by atoms with Crippen molar-refractivity contribution in [2.45, 2.75) is 19.9 Å². The van der Waals surface area contributed by atoms with E-state index in [9.17, 15) is 0 Å². The third-order valence-corrected chi connectivity index (χ3v) is 3.99. The standard InChI is InChI=1S/C15H20N2O/c1-11-14(10-17-7-6-12(8-16)9-17)13-4-2-3-5-15(13)18-11/h2-5,12H,6-10,16H2,1H3. The molecule has 1 saturated heterocycles. The van der Waals surface area contributed by atoms with Gasteiger partial charge in [0.15, 0.2) is 0 Å². The maximum absolute atomic E-state index is 5.81. The van der Waals surface area contributed by atoms with E-state index in [1.165, 1.54) is 17.4 Å². The molecule has 1 aliphatic rings. The molecule has 0 bridgehead atoms. The van der Waals surface area contributed by atoms with Crippen molar-refractivity contribution in [3.63, 3.8) is 0 Å². The fraction of sp³-hybridized carbons (Fsp3) is 0.467. The minimum absolute atomic E-state index is 0.670. The van der Waals surface area contributed by atoms with Gasteiger partial charge >= 0.3 is 0 Å². The molecule has 1 aromatic heterocycles. The van der Waals surface area contributed by atoms with Crippen LogP contribution in [0.5, 0.6) is 0 Å². The van der Waals surface area contributed by atoms with Gasteiger partial charge in [-0.25, -0.2) is 0 Å². The topological polar surface area (TPSA) is 42.4 Å². The Balaban J connectivity index is 1.84.